The zero-order chi connectivity index (χ0) is 25.4. The van der Waals surface area contributed by atoms with Crippen LogP contribution < -0.4 is 16.4 Å². The maximum Gasteiger partial charge on any atom is 0.419 e. The fourth-order valence-electron chi connectivity index (χ4n) is 3.85. The smallest absolute Gasteiger partial charge is 0.408 e. The number of aryl methyl sites for hydroxylation is 1. The fraction of sp³-hybridized carbons (Fsp3) is 0.160. The lowest BCUT2D eigenvalue weighted by atomic mass is 10.1. The van der Waals surface area contributed by atoms with Crippen LogP contribution in [0.25, 0.3) is 16.7 Å². The van der Waals surface area contributed by atoms with Gasteiger partial charge in [0.2, 0.25) is 0 Å². The van der Waals surface area contributed by atoms with Crippen LogP contribution in [0.2, 0.25) is 0 Å². The Kier molecular flexibility index (Phi) is 5.80. The van der Waals surface area contributed by atoms with Crippen LogP contribution in [0.5, 0.6) is 0 Å². The predicted molar refractivity (Wildman–Crippen MR) is 128 cm³/mol. The van der Waals surface area contributed by atoms with E-state index in [9.17, 15) is 18.8 Å². The minimum Gasteiger partial charge on any atom is -0.408 e. The molecule has 3 aromatic heterocycles. The van der Waals surface area contributed by atoms with Gasteiger partial charge in [0.25, 0.3) is 11.8 Å². The summed E-state index contributed by atoms with van der Waals surface area (Å²) >= 11 is 0. The first kappa shape index (κ1) is 23.0. The molecule has 2 amide bonds. The average molecular weight is 488 g/mol. The summed E-state index contributed by atoms with van der Waals surface area (Å²) in [6.07, 6.45) is 1.48. The number of aromatic nitrogens is 4. The van der Waals surface area contributed by atoms with Crippen molar-refractivity contribution in [3.05, 3.63) is 99.7 Å². The second-order valence-electron chi connectivity index (χ2n) is 8.29. The maximum absolute atomic E-state index is 13.2. The van der Waals surface area contributed by atoms with Crippen LogP contribution in [0.3, 0.4) is 0 Å². The molecule has 0 spiro atoms. The van der Waals surface area contributed by atoms with Gasteiger partial charge < -0.3 is 15.1 Å². The van der Waals surface area contributed by atoms with Gasteiger partial charge in [0.05, 0.1) is 17.8 Å². The van der Waals surface area contributed by atoms with E-state index in [4.69, 9.17) is 4.42 Å². The summed E-state index contributed by atoms with van der Waals surface area (Å²) in [5.74, 6) is -1.79. The molecule has 0 radical (unpaired) electrons. The Morgan fingerprint density at radius 1 is 1.08 bits per heavy atom. The molecule has 10 nitrogen and oxygen atoms in total. The summed E-state index contributed by atoms with van der Waals surface area (Å²) in [7, 11) is 1.60. The Bertz CT molecular complexity index is 1670. The highest BCUT2D eigenvalue weighted by atomic mass is 19.1. The second-order valence-corrected chi connectivity index (χ2v) is 8.29. The molecular formula is C25H21FN6O4. The van der Waals surface area contributed by atoms with E-state index in [1.165, 1.54) is 33.5 Å². The lowest BCUT2D eigenvalue weighted by Crippen LogP contribution is -2.30. The number of nitrogens with one attached hydrogen (secondary N) is 2. The molecule has 3 heterocycles. The number of hydrogen-bond donors (Lipinski definition) is 2. The van der Waals surface area contributed by atoms with E-state index in [0.717, 1.165) is 11.1 Å². The van der Waals surface area contributed by atoms with Gasteiger partial charge in [-0.1, -0.05) is 18.2 Å². The normalized spacial score (nSPS) is 12.1. The summed E-state index contributed by atoms with van der Waals surface area (Å²) in [5.41, 5.74) is 3.04. The van der Waals surface area contributed by atoms with Crippen molar-refractivity contribution >= 4 is 28.6 Å². The molecule has 0 saturated heterocycles. The Morgan fingerprint density at radius 3 is 2.64 bits per heavy atom. The number of benzene rings is 2. The number of rotatable bonds is 6. The third-order valence-electron chi connectivity index (χ3n) is 5.85. The van der Waals surface area contributed by atoms with Gasteiger partial charge in [-0.05, 0) is 42.3 Å². The Balaban J connectivity index is 1.36. The summed E-state index contributed by atoms with van der Waals surface area (Å²) in [4.78, 5) is 42.0. The van der Waals surface area contributed by atoms with Gasteiger partial charge in [-0.15, -0.1) is 0 Å². The SMILES string of the molecule is C[C@H](NC(=O)c1cc(C(=O)NCc2ccc3oc(=O)n(C)c3c2)nc2ccnn12)c1ccc(F)cc1. The van der Waals surface area contributed by atoms with Crippen molar-refractivity contribution in [2.75, 3.05) is 0 Å². The van der Waals surface area contributed by atoms with Crippen molar-refractivity contribution in [1.82, 2.24) is 29.8 Å². The van der Waals surface area contributed by atoms with Gasteiger partial charge >= 0.3 is 5.76 Å². The van der Waals surface area contributed by atoms with Gasteiger partial charge in [-0.2, -0.15) is 5.10 Å². The second kappa shape index (κ2) is 9.10. The number of fused-ring (bicyclic) bond motifs is 2. The van der Waals surface area contributed by atoms with E-state index < -0.39 is 23.6 Å². The first-order valence-electron chi connectivity index (χ1n) is 11.1. The first-order chi connectivity index (χ1) is 17.3. The summed E-state index contributed by atoms with van der Waals surface area (Å²) in [5, 5.41) is 9.77. The van der Waals surface area contributed by atoms with Crippen molar-refractivity contribution in [3.63, 3.8) is 0 Å². The molecule has 2 aromatic carbocycles. The van der Waals surface area contributed by atoms with Crippen LogP contribution in [-0.2, 0) is 13.6 Å². The molecule has 182 valence electrons. The number of nitrogens with zero attached hydrogens (tertiary/aromatic N) is 4. The van der Waals surface area contributed by atoms with Crippen LogP contribution in [-0.4, -0.2) is 31.0 Å². The quantitative estimate of drug-likeness (QED) is 0.379. The van der Waals surface area contributed by atoms with E-state index in [0.29, 0.717) is 16.7 Å². The fourth-order valence-corrected chi connectivity index (χ4v) is 3.85. The Labute approximate surface area is 203 Å². The number of carbonyl (C=O) groups excluding carboxylic acids is 2. The van der Waals surface area contributed by atoms with Crippen molar-refractivity contribution in [3.8, 4) is 0 Å². The Morgan fingerprint density at radius 2 is 1.86 bits per heavy atom. The van der Waals surface area contributed by atoms with E-state index >= 15 is 0 Å². The summed E-state index contributed by atoms with van der Waals surface area (Å²) < 4.78 is 21.1. The highest BCUT2D eigenvalue weighted by Crippen LogP contribution is 2.16. The summed E-state index contributed by atoms with van der Waals surface area (Å²) in [6.45, 7) is 1.94. The van der Waals surface area contributed by atoms with Gasteiger partial charge in [0.15, 0.2) is 11.2 Å². The zero-order valence-corrected chi connectivity index (χ0v) is 19.4. The van der Waals surface area contributed by atoms with Gasteiger partial charge in [-0.25, -0.2) is 18.7 Å². The van der Waals surface area contributed by atoms with Crippen LogP contribution in [0, 0.1) is 5.82 Å². The largest absolute Gasteiger partial charge is 0.419 e. The zero-order valence-electron chi connectivity index (χ0n) is 19.4. The minimum atomic E-state index is -0.486. The highest BCUT2D eigenvalue weighted by molar-refractivity contribution is 5.98. The number of carbonyl (C=O) groups is 2. The van der Waals surface area contributed by atoms with Crippen LogP contribution in [0.4, 0.5) is 4.39 Å². The average Bonchev–Trinajstić information content (AvgIpc) is 3.46. The van der Waals surface area contributed by atoms with Gasteiger partial charge in [0, 0.05) is 25.7 Å². The van der Waals surface area contributed by atoms with E-state index in [2.05, 4.69) is 20.7 Å². The van der Waals surface area contributed by atoms with Crippen molar-refractivity contribution in [1.29, 1.82) is 0 Å². The molecule has 11 heteroatoms. The van der Waals surface area contributed by atoms with Crippen molar-refractivity contribution in [2.45, 2.75) is 19.5 Å². The molecule has 2 N–H and O–H groups in total. The molecular weight excluding hydrogens is 467 g/mol. The number of hydrogen-bond acceptors (Lipinski definition) is 6. The van der Waals surface area contributed by atoms with Crippen LogP contribution in [0.1, 0.15) is 45.1 Å². The summed E-state index contributed by atoms with van der Waals surface area (Å²) in [6, 6.07) is 13.5. The van der Waals surface area contributed by atoms with E-state index in [1.54, 1.807) is 50.4 Å². The van der Waals surface area contributed by atoms with E-state index in [1.807, 2.05) is 0 Å². The highest BCUT2D eigenvalue weighted by Gasteiger charge is 2.19. The van der Waals surface area contributed by atoms with Crippen molar-refractivity contribution in [2.24, 2.45) is 7.05 Å². The Hall–Kier alpha value is -4.80. The molecule has 1 atom stereocenters. The molecule has 0 aliphatic rings. The molecule has 0 unspecified atom stereocenters. The molecule has 5 aromatic rings. The monoisotopic (exact) mass is 488 g/mol. The molecule has 0 fully saturated rings. The van der Waals surface area contributed by atoms with Crippen molar-refractivity contribution < 1.29 is 18.4 Å². The lowest BCUT2D eigenvalue weighted by Gasteiger charge is -2.15. The molecule has 0 aliphatic heterocycles. The number of halogens is 1. The minimum absolute atomic E-state index is 0.0411. The molecule has 0 aliphatic carbocycles. The molecule has 0 saturated carbocycles. The number of amides is 2. The standard InChI is InChI=1S/C25H21FN6O4/c1-14(16-4-6-17(26)7-5-16)29-24(34)20-12-18(30-22-9-10-28-32(20)22)23(33)27-13-15-3-8-21-19(11-15)31(2)25(35)36-21/h3-12,14H,13H2,1-2H3,(H,27,33)(H,29,34)/t14-/m0/s1. The molecule has 5 rings (SSSR count). The van der Waals surface area contributed by atoms with Gasteiger partial charge in [0.1, 0.15) is 17.2 Å². The third-order valence-corrected chi connectivity index (χ3v) is 5.85. The van der Waals surface area contributed by atoms with E-state index in [-0.39, 0.29) is 23.7 Å². The third kappa shape index (κ3) is 4.33. The first-order valence-corrected chi connectivity index (χ1v) is 11.1. The van der Waals surface area contributed by atoms with Crippen LogP contribution >= 0.6 is 0 Å². The number of oxazole rings is 1. The van der Waals surface area contributed by atoms with Crippen LogP contribution in [0.15, 0.2) is 70.0 Å². The molecule has 36 heavy (non-hydrogen) atoms. The predicted octanol–water partition coefficient (Wildman–Crippen LogP) is 2.73. The van der Waals surface area contributed by atoms with Gasteiger partial charge in [-0.3, -0.25) is 14.2 Å². The maximum atomic E-state index is 13.2. The lowest BCUT2D eigenvalue weighted by molar-refractivity contribution is 0.0932. The topological polar surface area (TPSA) is 124 Å². The molecule has 0 bridgehead atoms.